The number of pyridine rings is 1. The van der Waals surface area contributed by atoms with E-state index in [-0.39, 0.29) is 0 Å². The fourth-order valence-electron chi connectivity index (χ4n) is 4.66. The first-order chi connectivity index (χ1) is 16.5. The molecule has 0 radical (unpaired) electrons. The average Bonchev–Trinajstić information content (AvgIpc) is 3.35. The first kappa shape index (κ1) is 22.7. The van der Waals surface area contributed by atoms with Crippen LogP contribution in [0.3, 0.4) is 0 Å². The number of nitrogens with zero attached hydrogens (tertiary/aromatic N) is 7. The summed E-state index contributed by atoms with van der Waals surface area (Å²) in [7, 11) is 1.62. The summed E-state index contributed by atoms with van der Waals surface area (Å²) in [6, 6.07) is 6.58. The number of ether oxygens (including phenoxy) is 1. The highest BCUT2D eigenvalue weighted by atomic mass is 16.5. The van der Waals surface area contributed by atoms with Crippen molar-refractivity contribution in [2.75, 3.05) is 31.6 Å². The Kier molecular flexibility index (Phi) is 6.45. The zero-order valence-corrected chi connectivity index (χ0v) is 20.3. The SMILES string of the molecule is COc1cncc(-c2cn(C(C)(C)c3ccc(N4CCC[C@@H](NCC5CCC5)C4)nn3)nn2)c1. The molecule has 1 N–H and O–H groups in total. The van der Waals surface area contributed by atoms with Gasteiger partial charge in [0, 0.05) is 30.9 Å². The van der Waals surface area contributed by atoms with Crippen LogP contribution < -0.4 is 15.0 Å². The summed E-state index contributed by atoms with van der Waals surface area (Å²) in [5.41, 5.74) is 1.93. The van der Waals surface area contributed by atoms with E-state index in [1.54, 1.807) is 19.5 Å². The lowest BCUT2D eigenvalue weighted by molar-refractivity contribution is 0.280. The molecule has 2 fully saturated rings. The van der Waals surface area contributed by atoms with Gasteiger partial charge < -0.3 is 15.0 Å². The van der Waals surface area contributed by atoms with Crippen LogP contribution in [0.5, 0.6) is 5.75 Å². The van der Waals surface area contributed by atoms with Crippen molar-refractivity contribution < 1.29 is 4.74 Å². The van der Waals surface area contributed by atoms with E-state index < -0.39 is 5.54 Å². The Morgan fingerprint density at radius 3 is 2.71 bits per heavy atom. The maximum Gasteiger partial charge on any atom is 0.151 e. The van der Waals surface area contributed by atoms with Crippen LogP contribution in [-0.2, 0) is 5.54 Å². The van der Waals surface area contributed by atoms with Gasteiger partial charge in [-0.1, -0.05) is 11.6 Å². The van der Waals surface area contributed by atoms with Gasteiger partial charge in [-0.15, -0.1) is 10.2 Å². The molecule has 1 aliphatic heterocycles. The van der Waals surface area contributed by atoms with Crippen LogP contribution in [0.2, 0.25) is 0 Å². The van der Waals surface area contributed by atoms with Crippen LogP contribution >= 0.6 is 0 Å². The summed E-state index contributed by atoms with van der Waals surface area (Å²) in [5, 5.41) is 21.7. The fraction of sp³-hybridized carbons (Fsp3) is 0.560. The topological polar surface area (TPSA) is 93.9 Å². The monoisotopic (exact) mass is 462 g/mol. The third-order valence-electron chi connectivity index (χ3n) is 7.25. The first-order valence-electron chi connectivity index (χ1n) is 12.3. The van der Waals surface area contributed by atoms with E-state index in [1.165, 1.54) is 32.1 Å². The molecule has 1 aliphatic carbocycles. The Morgan fingerprint density at radius 1 is 1.09 bits per heavy atom. The summed E-state index contributed by atoms with van der Waals surface area (Å²) in [4.78, 5) is 6.57. The minimum Gasteiger partial charge on any atom is -0.495 e. The molecule has 3 aromatic heterocycles. The second kappa shape index (κ2) is 9.66. The Hall–Kier alpha value is -3.07. The molecule has 0 amide bonds. The molecular formula is C25H34N8O. The minimum atomic E-state index is -0.502. The van der Waals surface area contributed by atoms with Gasteiger partial charge >= 0.3 is 0 Å². The highest BCUT2D eigenvalue weighted by molar-refractivity contribution is 5.58. The average molecular weight is 463 g/mol. The zero-order valence-electron chi connectivity index (χ0n) is 20.3. The number of anilines is 1. The molecule has 1 atom stereocenters. The van der Waals surface area contributed by atoms with Gasteiger partial charge in [-0.25, -0.2) is 4.68 Å². The van der Waals surface area contributed by atoms with Crippen LogP contribution in [0.25, 0.3) is 11.3 Å². The Bertz CT molecular complexity index is 1090. The van der Waals surface area contributed by atoms with Crippen molar-refractivity contribution in [3.8, 4) is 17.0 Å². The lowest BCUT2D eigenvalue weighted by atomic mass is 9.85. The number of methoxy groups -OCH3 is 1. The Balaban J connectivity index is 1.26. The van der Waals surface area contributed by atoms with Crippen molar-refractivity contribution in [1.29, 1.82) is 0 Å². The van der Waals surface area contributed by atoms with Gasteiger partial charge in [-0.3, -0.25) is 4.98 Å². The Labute approximate surface area is 200 Å². The predicted octanol–water partition coefficient (Wildman–Crippen LogP) is 3.28. The molecule has 1 saturated heterocycles. The number of piperidine rings is 1. The largest absolute Gasteiger partial charge is 0.495 e. The predicted molar refractivity (Wildman–Crippen MR) is 131 cm³/mol. The number of aromatic nitrogens is 6. The number of hydrogen-bond acceptors (Lipinski definition) is 8. The van der Waals surface area contributed by atoms with E-state index in [0.717, 1.165) is 48.3 Å². The van der Waals surface area contributed by atoms with E-state index in [1.807, 2.05) is 16.9 Å². The van der Waals surface area contributed by atoms with Crippen molar-refractivity contribution in [3.63, 3.8) is 0 Å². The molecule has 0 aromatic carbocycles. The van der Waals surface area contributed by atoms with Gasteiger partial charge in [-0.05, 0) is 70.2 Å². The maximum atomic E-state index is 5.28. The number of rotatable bonds is 8. The summed E-state index contributed by atoms with van der Waals surface area (Å²) >= 11 is 0. The third-order valence-corrected chi connectivity index (χ3v) is 7.25. The summed E-state index contributed by atoms with van der Waals surface area (Å²) < 4.78 is 7.10. The van der Waals surface area contributed by atoms with Gasteiger partial charge in [0.1, 0.15) is 17.0 Å². The van der Waals surface area contributed by atoms with Crippen molar-refractivity contribution in [1.82, 2.24) is 35.5 Å². The van der Waals surface area contributed by atoms with Crippen LogP contribution in [0.4, 0.5) is 5.82 Å². The molecule has 9 heteroatoms. The van der Waals surface area contributed by atoms with Crippen LogP contribution in [-0.4, -0.2) is 63.0 Å². The zero-order chi connectivity index (χ0) is 23.5. The quantitative estimate of drug-likeness (QED) is 0.545. The smallest absolute Gasteiger partial charge is 0.151 e. The number of hydrogen-bond donors (Lipinski definition) is 1. The fourth-order valence-corrected chi connectivity index (χ4v) is 4.66. The van der Waals surface area contributed by atoms with Crippen molar-refractivity contribution >= 4 is 5.82 Å². The van der Waals surface area contributed by atoms with Crippen LogP contribution in [0.1, 0.15) is 51.6 Å². The molecule has 0 spiro atoms. The molecule has 3 aromatic rings. The minimum absolute atomic E-state index is 0.502. The van der Waals surface area contributed by atoms with E-state index >= 15 is 0 Å². The van der Waals surface area contributed by atoms with Gasteiger partial charge in [0.15, 0.2) is 5.82 Å². The first-order valence-corrected chi connectivity index (χ1v) is 12.3. The van der Waals surface area contributed by atoms with Gasteiger partial charge in [0.05, 0.1) is 25.2 Å². The summed E-state index contributed by atoms with van der Waals surface area (Å²) in [6.45, 7) is 7.31. The summed E-state index contributed by atoms with van der Waals surface area (Å²) in [6.07, 6.45) is 11.9. The van der Waals surface area contributed by atoms with Crippen molar-refractivity contribution in [3.05, 3.63) is 42.5 Å². The van der Waals surface area contributed by atoms with E-state index in [0.29, 0.717) is 11.8 Å². The normalized spacial score (nSPS) is 19.1. The molecule has 5 rings (SSSR count). The van der Waals surface area contributed by atoms with Crippen LogP contribution in [0, 0.1) is 5.92 Å². The molecule has 34 heavy (non-hydrogen) atoms. The molecule has 0 unspecified atom stereocenters. The van der Waals surface area contributed by atoms with Gasteiger partial charge in [0.25, 0.3) is 0 Å². The molecular weight excluding hydrogens is 428 g/mol. The van der Waals surface area contributed by atoms with E-state index in [4.69, 9.17) is 4.74 Å². The van der Waals surface area contributed by atoms with Crippen molar-refractivity contribution in [2.24, 2.45) is 5.92 Å². The summed E-state index contributed by atoms with van der Waals surface area (Å²) in [5.74, 6) is 2.51. The molecule has 9 nitrogen and oxygen atoms in total. The second-order valence-corrected chi connectivity index (χ2v) is 9.99. The van der Waals surface area contributed by atoms with E-state index in [9.17, 15) is 0 Å². The second-order valence-electron chi connectivity index (χ2n) is 9.99. The third kappa shape index (κ3) is 4.75. The molecule has 1 saturated carbocycles. The Morgan fingerprint density at radius 2 is 1.97 bits per heavy atom. The molecule has 180 valence electrons. The standard InChI is InChI=1S/C25H34N8O/c1-25(2,33-17-22(28-31-33)19-12-21(34-3)15-26-14-19)23-9-10-24(30-29-23)32-11-5-8-20(16-32)27-13-18-6-4-7-18/h9-10,12,14-15,17-18,20,27H,4-8,11,13,16H2,1-3H3/t20-/m1/s1. The highest BCUT2D eigenvalue weighted by Crippen LogP contribution is 2.28. The number of nitrogens with one attached hydrogen (secondary N) is 1. The van der Waals surface area contributed by atoms with Gasteiger partial charge in [0.2, 0.25) is 0 Å². The molecule has 4 heterocycles. The lowest BCUT2D eigenvalue weighted by Gasteiger charge is -2.36. The maximum absolute atomic E-state index is 5.28. The molecule has 0 bridgehead atoms. The lowest BCUT2D eigenvalue weighted by Crippen LogP contribution is -2.47. The molecule has 2 aliphatic rings. The van der Waals surface area contributed by atoms with E-state index in [2.05, 4.69) is 61.7 Å². The highest BCUT2D eigenvalue weighted by Gasteiger charge is 2.28. The van der Waals surface area contributed by atoms with Gasteiger partial charge in [-0.2, -0.15) is 5.10 Å². The van der Waals surface area contributed by atoms with Crippen LogP contribution in [0.15, 0.2) is 36.8 Å². The van der Waals surface area contributed by atoms with Crippen molar-refractivity contribution in [2.45, 2.75) is 57.5 Å².